The number of nitrogens with one attached hydrogen (secondary N) is 1. The smallest absolute Gasteiger partial charge is 0.387 e. The highest BCUT2D eigenvalue weighted by Crippen LogP contribution is 2.44. The van der Waals surface area contributed by atoms with E-state index in [9.17, 15) is 50.0 Å². The molecule has 2 rings (SSSR count). The van der Waals surface area contributed by atoms with E-state index in [0.29, 0.717) is 17.4 Å². The van der Waals surface area contributed by atoms with Gasteiger partial charge in [0.1, 0.15) is 62.0 Å². The zero-order valence-electron chi connectivity index (χ0n) is 48.1. The fraction of sp³-hybridized carbons (Fsp3) is 0.947. The normalized spacial score (nSPS) is 26.0. The lowest BCUT2D eigenvalue weighted by Crippen LogP contribution is -2.62. The van der Waals surface area contributed by atoms with Crippen molar-refractivity contribution in [3.05, 3.63) is 12.2 Å². The van der Waals surface area contributed by atoms with E-state index < -0.39 is 94.6 Å². The van der Waals surface area contributed by atoms with Gasteiger partial charge >= 0.3 is 7.82 Å². The summed E-state index contributed by atoms with van der Waals surface area (Å²) >= 11 is 0. The number of nitrogens with zero attached hydrogens (tertiary/aromatic N) is 1. The van der Waals surface area contributed by atoms with E-state index >= 15 is 0 Å². The number of quaternary nitrogens is 1. The highest BCUT2D eigenvalue weighted by atomic mass is 31.2. The Balaban J connectivity index is 1.90. The molecule has 0 aromatic heterocycles. The number of allylic oxidation sites excluding steroid dienone is 1. The van der Waals surface area contributed by atoms with Crippen LogP contribution in [0.25, 0.3) is 0 Å². The molecule has 19 heteroatoms. The van der Waals surface area contributed by atoms with Crippen LogP contribution in [0.15, 0.2) is 12.2 Å². The Hall–Kier alpha value is -1.16. The SMILES string of the molecule is CCCCCCCCCCCCCCCCCCCCCC(=O)N[C@@H](CO[C@@H]1O[C@H](CO[C@@H]2O[C@H](COP(=O)(O)OCC[N+](C)(C)C)[C@H](O)[C@H](O)[C@H]2O)[C@H](O)[C@H](O)[C@H]1O)[C@H](O)/C=C/CCCCCCCCCCC(C)C. The lowest BCUT2D eigenvalue weighted by molar-refractivity contribution is -0.870. The summed E-state index contributed by atoms with van der Waals surface area (Å²) in [7, 11) is 0.993. The number of hydrogen-bond donors (Lipinski definition) is 9. The molecule has 0 bridgehead atoms. The molecule has 0 spiro atoms. The predicted molar refractivity (Wildman–Crippen MR) is 296 cm³/mol. The number of phosphoric ester groups is 1. The molecular weight excluding hydrogens is 1000 g/mol. The standard InChI is InChI=1S/C57H111N2O16P/c1-7-8-9-10-11-12-13-14-15-16-17-18-19-20-21-26-29-32-35-38-49(61)58-45(46(60)37-34-31-28-25-23-22-24-27-30-33-36-44(2)3)41-70-56-54(66)52(64)50(62)47(74-56)42-71-57-55(67)53(65)51(63)48(75-57)43-73-76(68,69)72-40-39-59(4,5)6/h34,37,44-48,50-57,60,62-67H,7-33,35-36,38-43H2,1-6H3,(H-,58,61,68,69)/p+1/b37-34+/t45-,46+,47+,48+,50-,51-,52-,53-,54+,55+,56+,57+/m0/s1. The summed E-state index contributed by atoms with van der Waals surface area (Å²) in [4.78, 5) is 23.5. The van der Waals surface area contributed by atoms with Crippen LogP contribution in [-0.4, -0.2) is 179 Å². The van der Waals surface area contributed by atoms with Gasteiger partial charge in [-0.15, -0.1) is 0 Å². The summed E-state index contributed by atoms with van der Waals surface area (Å²) in [5, 5.41) is 78.8. The molecule has 1 unspecified atom stereocenters. The maximum absolute atomic E-state index is 13.3. The monoisotopic (exact) mass is 1110 g/mol. The van der Waals surface area contributed by atoms with Crippen molar-refractivity contribution in [2.45, 2.75) is 287 Å². The fourth-order valence-electron chi connectivity index (χ4n) is 9.52. The first-order valence-electron chi connectivity index (χ1n) is 29.9. The second kappa shape index (κ2) is 41.8. The number of carbonyl (C=O) groups is 1. The highest BCUT2D eigenvalue weighted by Gasteiger charge is 2.48. The first-order valence-corrected chi connectivity index (χ1v) is 31.4. The largest absolute Gasteiger partial charge is 0.472 e. The van der Waals surface area contributed by atoms with Crippen molar-refractivity contribution in [1.82, 2.24) is 5.32 Å². The number of amides is 1. The Morgan fingerprint density at radius 1 is 0.592 bits per heavy atom. The van der Waals surface area contributed by atoms with Crippen molar-refractivity contribution >= 4 is 13.7 Å². The third kappa shape index (κ3) is 32.9. The van der Waals surface area contributed by atoms with Crippen LogP contribution >= 0.6 is 7.82 Å². The number of ether oxygens (including phenoxy) is 4. The average molecular weight is 1110 g/mol. The van der Waals surface area contributed by atoms with E-state index in [1.54, 1.807) is 6.08 Å². The molecule has 76 heavy (non-hydrogen) atoms. The Kier molecular flexibility index (Phi) is 39.0. The summed E-state index contributed by atoms with van der Waals surface area (Å²) in [6, 6.07) is -0.954. The Morgan fingerprint density at radius 3 is 1.50 bits per heavy atom. The van der Waals surface area contributed by atoms with Crippen LogP contribution in [0.3, 0.4) is 0 Å². The molecule has 2 aliphatic heterocycles. The van der Waals surface area contributed by atoms with Gasteiger partial charge in [-0.05, 0) is 25.2 Å². The topological polar surface area (TPSA) is 263 Å². The van der Waals surface area contributed by atoms with Gasteiger partial charge in [-0.25, -0.2) is 4.57 Å². The first-order chi connectivity index (χ1) is 36.3. The zero-order chi connectivity index (χ0) is 56.2. The van der Waals surface area contributed by atoms with Gasteiger partial charge in [0.2, 0.25) is 5.91 Å². The van der Waals surface area contributed by atoms with E-state index in [2.05, 4.69) is 26.1 Å². The zero-order valence-corrected chi connectivity index (χ0v) is 49.0. The summed E-state index contributed by atoms with van der Waals surface area (Å²) in [6.07, 6.45) is 21.1. The molecule has 2 saturated heterocycles. The van der Waals surface area contributed by atoms with Crippen LogP contribution in [0.2, 0.25) is 0 Å². The van der Waals surface area contributed by atoms with Crippen molar-refractivity contribution in [3.8, 4) is 0 Å². The minimum atomic E-state index is -4.61. The molecule has 2 aliphatic rings. The van der Waals surface area contributed by atoms with E-state index in [4.69, 9.17) is 28.0 Å². The van der Waals surface area contributed by atoms with Crippen LogP contribution in [0.4, 0.5) is 0 Å². The van der Waals surface area contributed by atoms with Crippen LogP contribution in [0.5, 0.6) is 0 Å². The molecular formula is C57H112N2O16P+. The predicted octanol–water partition coefficient (Wildman–Crippen LogP) is 8.26. The van der Waals surface area contributed by atoms with Crippen LogP contribution < -0.4 is 5.32 Å². The van der Waals surface area contributed by atoms with Gasteiger partial charge in [-0.3, -0.25) is 13.8 Å². The van der Waals surface area contributed by atoms with Crippen LogP contribution in [0, 0.1) is 5.92 Å². The summed E-state index contributed by atoms with van der Waals surface area (Å²) < 4.78 is 46.0. The molecule has 2 fully saturated rings. The van der Waals surface area contributed by atoms with Crippen LogP contribution in [-0.2, 0) is 37.4 Å². The minimum Gasteiger partial charge on any atom is -0.387 e. The van der Waals surface area contributed by atoms with E-state index in [1.807, 2.05) is 27.2 Å². The quantitative estimate of drug-likeness (QED) is 0.0120. The molecule has 0 aliphatic carbocycles. The lowest BCUT2D eigenvalue weighted by Gasteiger charge is -2.43. The van der Waals surface area contributed by atoms with Gasteiger partial charge in [-0.1, -0.05) is 200 Å². The molecule has 0 aromatic carbocycles. The molecule has 0 radical (unpaired) electrons. The molecule has 13 atom stereocenters. The maximum atomic E-state index is 13.3. The van der Waals surface area contributed by atoms with Gasteiger partial charge < -0.3 is 69.4 Å². The lowest BCUT2D eigenvalue weighted by atomic mass is 9.98. The molecule has 9 N–H and O–H groups in total. The van der Waals surface area contributed by atoms with Crippen LogP contribution in [0.1, 0.15) is 213 Å². The maximum Gasteiger partial charge on any atom is 0.472 e. The van der Waals surface area contributed by atoms with Crippen molar-refractivity contribution < 1.29 is 82.5 Å². The molecule has 18 nitrogen and oxygen atoms in total. The number of rotatable bonds is 47. The summed E-state index contributed by atoms with van der Waals surface area (Å²) in [5.41, 5.74) is 0. The number of carbonyl (C=O) groups excluding carboxylic acids is 1. The van der Waals surface area contributed by atoms with Gasteiger partial charge in [-0.2, -0.15) is 0 Å². The molecule has 0 saturated carbocycles. The van der Waals surface area contributed by atoms with E-state index in [0.717, 1.165) is 50.9 Å². The number of likely N-dealkylation sites (N-methyl/N-ethyl adjacent to an activating group) is 1. The van der Waals surface area contributed by atoms with Gasteiger partial charge in [0.15, 0.2) is 12.6 Å². The van der Waals surface area contributed by atoms with Gasteiger partial charge in [0.05, 0.1) is 53.1 Å². The average Bonchev–Trinajstić information content (AvgIpc) is 3.36. The number of hydrogen-bond acceptors (Lipinski definition) is 15. The second-order valence-corrected chi connectivity index (χ2v) is 24.8. The minimum absolute atomic E-state index is 0.112. The van der Waals surface area contributed by atoms with Gasteiger partial charge in [0, 0.05) is 6.42 Å². The first kappa shape index (κ1) is 70.9. The number of aliphatic hydroxyl groups is 7. The summed E-state index contributed by atoms with van der Waals surface area (Å²) in [5.74, 6) is 0.490. The van der Waals surface area contributed by atoms with Crippen molar-refractivity contribution in [2.24, 2.45) is 5.92 Å². The highest BCUT2D eigenvalue weighted by molar-refractivity contribution is 7.47. The third-order valence-electron chi connectivity index (χ3n) is 14.6. The number of aliphatic hydroxyl groups excluding tert-OH is 7. The van der Waals surface area contributed by atoms with E-state index in [-0.39, 0.29) is 25.5 Å². The van der Waals surface area contributed by atoms with Gasteiger partial charge in [0.25, 0.3) is 0 Å². The van der Waals surface area contributed by atoms with Crippen molar-refractivity contribution in [1.29, 1.82) is 0 Å². The van der Waals surface area contributed by atoms with E-state index in [1.165, 1.54) is 135 Å². The number of unbranched alkanes of at least 4 members (excludes halogenated alkanes) is 26. The molecule has 0 aromatic rings. The molecule has 1 amide bonds. The Bertz CT molecular complexity index is 1510. The number of phosphoric acid groups is 1. The third-order valence-corrected chi connectivity index (χ3v) is 15.6. The fourth-order valence-corrected chi connectivity index (χ4v) is 10.2. The summed E-state index contributed by atoms with van der Waals surface area (Å²) in [6.45, 7) is 5.40. The molecule has 450 valence electrons. The Labute approximate surface area is 459 Å². The molecule has 2 heterocycles. The Morgan fingerprint density at radius 2 is 1.03 bits per heavy atom. The second-order valence-electron chi connectivity index (χ2n) is 23.3. The van der Waals surface area contributed by atoms with Crippen molar-refractivity contribution in [3.63, 3.8) is 0 Å². The van der Waals surface area contributed by atoms with Crippen molar-refractivity contribution in [2.75, 3.05) is 54.1 Å².